The predicted octanol–water partition coefficient (Wildman–Crippen LogP) is 5.27. The van der Waals surface area contributed by atoms with Gasteiger partial charge >= 0.3 is 0 Å². The molecule has 1 N–H and O–H groups in total. The maximum Gasteiger partial charge on any atom is 0.279 e. The van der Waals surface area contributed by atoms with Crippen molar-refractivity contribution in [3.05, 3.63) is 114 Å². The Hall–Kier alpha value is -4.59. The summed E-state index contributed by atoms with van der Waals surface area (Å²) >= 11 is 0. The second-order valence-electron chi connectivity index (χ2n) is 8.21. The van der Waals surface area contributed by atoms with Crippen LogP contribution in [0, 0.1) is 19.7 Å². The number of aromatic nitrogens is 2. The second-order valence-corrected chi connectivity index (χ2v) is 8.21. The molecule has 1 atom stereocenters. The van der Waals surface area contributed by atoms with Gasteiger partial charge in [0.15, 0.2) is 0 Å². The Morgan fingerprint density at radius 1 is 0.972 bits per heavy atom. The summed E-state index contributed by atoms with van der Waals surface area (Å²) in [7, 11) is 1.53. The topological polar surface area (TPSA) is 84.4 Å². The third-order valence-corrected chi connectivity index (χ3v) is 5.80. The fraction of sp³-hybridized carbons (Fsp3) is 0.143. The van der Waals surface area contributed by atoms with E-state index in [1.165, 1.54) is 54.9 Å². The van der Waals surface area contributed by atoms with Gasteiger partial charge in [-0.2, -0.15) is 0 Å². The van der Waals surface area contributed by atoms with Gasteiger partial charge in [0.1, 0.15) is 23.3 Å². The van der Waals surface area contributed by atoms with E-state index < -0.39 is 23.7 Å². The van der Waals surface area contributed by atoms with Crippen LogP contribution in [0.5, 0.6) is 5.75 Å². The molecule has 8 heteroatoms. The normalized spacial score (nSPS) is 11.4. The molecule has 2 amide bonds. The number of anilines is 2. The lowest BCUT2D eigenvalue weighted by Crippen LogP contribution is -2.42. The lowest BCUT2D eigenvalue weighted by Gasteiger charge is -2.31. The van der Waals surface area contributed by atoms with Crippen LogP contribution in [0.25, 0.3) is 0 Å². The van der Waals surface area contributed by atoms with Crippen molar-refractivity contribution in [1.29, 1.82) is 0 Å². The number of benzene rings is 3. The summed E-state index contributed by atoms with van der Waals surface area (Å²) in [5, 5.41) is 2.81. The Morgan fingerprint density at radius 3 is 2.42 bits per heavy atom. The van der Waals surface area contributed by atoms with Gasteiger partial charge in [-0.15, -0.1) is 0 Å². The summed E-state index contributed by atoms with van der Waals surface area (Å²) in [5.41, 5.74) is 3.49. The second kappa shape index (κ2) is 10.8. The van der Waals surface area contributed by atoms with Crippen LogP contribution in [-0.2, 0) is 4.79 Å². The number of amides is 2. The van der Waals surface area contributed by atoms with Gasteiger partial charge < -0.3 is 10.1 Å². The maximum absolute atomic E-state index is 13.9. The lowest BCUT2D eigenvalue weighted by molar-refractivity contribution is -0.117. The van der Waals surface area contributed by atoms with E-state index in [9.17, 15) is 14.0 Å². The molecule has 1 aromatic heterocycles. The molecule has 0 aliphatic rings. The number of carbonyl (C=O) groups is 2. The molecule has 4 aromatic rings. The Bertz CT molecular complexity index is 1380. The van der Waals surface area contributed by atoms with Crippen LogP contribution in [-0.4, -0.2) is 28.9 Å². The van der Waals surface area contributed by atoms with E-state index in [0.717, 1.165) is 11.1 Å². The number of hydrogen-bond acceptors (Lipinski definition) is 5. The van der Waals surface area contributed by atoms with E-state index in [-0.39, 0.29) is 5.69 Å². The zero-order chi connectivity index (χ0) is 25.7. The first-order valence-corrected chi connectivity index (χ1v) is 11.2. The number of ether oxygens (including phenoxy) is 1. The minimum Gasteiger partial charge on any atom is -0.497 e. The summed E-state index contributed by atoms with van der Waals surface area (Å²) in [6.07, 6.45) is 4.25. The summed E-state index contributed by atoms with van der Waals surface area (Å²) < 4.78 is 18.8. The molecular weight excluding hydrogens is 459 g/mol. The van der Waals surface area contributed by atoms with Gasteiger partial charge in [-0.1, -0.05) is 18.2 Å². The molecule has 0 unspecified atom stereocenters. The highest BCUT2D eigenvalue weighted by atomic mass is 19.1. The summed E-state index contributed by atoms with van der Waals surface area (Å²) in [6, 6.07) is 16.8. The molecule has 0 radical (unpaired) electrons. The molecule has 0 aliphatic heterocycles. The van der Waals surface area contributed by atoms with Gasteiger partial charge in [-0.05, 0) is 79.1 Å². The number of rotatable bonds is 7. The van der Waals surface area contributed by atoms with Crippen molar-refractivity contribution >= 4 is 23.2 Å². The molecule has 182 valence electrons. The van der Waals surface area contributed by atoms with Gasteiger partial charge in [-0.3, -0.25) is 19.5 Å². The Morgan fingerprint density at radius 2 is 1.75 bits per heavy atom. The van der Waals surface area contributed by atoms with Gasteiger partial charge in [0, 0.05) is 23.8 Å². The van der Waals surface area contributed by atoms with Crippen molar-refractivity contribution in [3.8, 4) is 5.75 Å². The van der Waals surface area contributed by atoms with E-state index in [1.54, 1.807) is 30.3 Å². The van der Waals surface area contributed by atoms with E-state index in [1.807, 2.05) is 26.0 Å². The van der Waals surface area contributed by atoms with Gasteiger partial charge in [0.25, 0.3) is 11.8 Å². The zero-order valence-electron chi connectivity index (χ0n) is 20.1. The largest absolute Gasteiger partial charge is 0.497 e. The number of nitrogens with zero attached hydrogens (tertiary/aromatic N) is 3. The fourth-order valence-corrected chi connectivity index (χ4v) is 3.77. The number of halogens is 1. The van der Waals surface area contributed by atoms with Crippen LogP contribution >= 0.6 is 0 Å². The molecule has 0 fully saturated rings. The summed E-state index contributed by atoms with van der Waals surface area (Å²) in [5.74, 6) is -0.898. The highest BCUT2D eigenvalue weighted by molar-refractivity contribution is 6.11. The van der Waals surface area contributed by atoms with Crippen LogP contribution in [0.4, 0.5) is 15.8 Å². The maximum atomic E-state index is 13.9. The van der Waals surface area contributed by atoms with E-state index >= 15 is 0 Å². The third kappa shape index (κ3) is 5.38. The quantitative estimate of drug-likeness (QED) is 0.386. The van der Waals surface area contributed by atoms with E-state index in [0.29, 0.717) is 22.7 Å². The minimum atomic E-state index is -1.11. The van der Waals surface area contributed by atoms with Crippen LogP contribution in [0.2, 0.25) is 0 Å². The molecule has 0 aliphatic carbocycles. The van der Waals surface area contributed by atoms with Crippen molar-refractivity contribution < 1.29 is 18.7 Å². The molecule has 4 rings (SSSR count). The van der Waals surface area contributed by atoms with Crippen LogP contribution < -0.4 is 15.0 Å². The molecule has 3 aromatic carbocycles. The lowest BCUT2D eigenvalue weighted by atomic mass is 10.0. The molecule has 0 bridgehead atoms. The van der Waals surface area contributed by atoms with Gasteiger partial charge in [0.2, 0.25) is 0 Å². The van der Waals surface area contributed by atoms with Crippen molar-refractivity contribution in [2.75, 3.05) is 17.3 Å². The van der Waals surface area contributed by atoms with Crippen molar-refractivity contribution in [2.45, 2.75) is 19.9 Å². The minimum absolute atomic E-state index is 0.0817. The van der Waals surface area contributed by atoms with Crippen LogP contribution in [0.3, 0.4) is 0 Å². The Balaban J connectivity index is 1.88. The molecule has 0 saturated carbocycles. The smallest absolute Gasteiger partial charge is 0.279 e. The fourth-order valence-electron chi connectivity index (χ4n) is 3.77. The SMILES string of the molecule is COc1cccc([C@@H](C(=O)Nc2ccc(F)cc2)N(C(=O)c2cnccn2)c2ccc(C)c(C)c2)c1. The van der Waals surface area contributed by atoms with Crippen LogP contribution in [0.1, 0.15) is 33.2 Å². The molecule has 36 heavy (non-hydrogen) atoms. The average Bonchev–Trinajstić information content (AvgIpc) is 2.90. The molecule has 0 saturated heterocycles. The number of methoxy groups -OCH3 is 1. The number of aryl methyl sites for hydroxylation is 2. The van der Waals surface area contributed by atoms with Crippen molar-refractivity contribution in [3.63, 3.8) is 0 Å². The molecule has 1 heterocycles. The number of nitrogens with one attached hydrogen (secondary N) is 1. The van der Waals surface area contributed by atoms with Crippen molar-refractivity contribution in [1.82, 2.24) is 9.97 Å². The molecular formula is C28H25FN4O3. The Kier molecular flexibility index (Phi) is 7.34. The highest BCUT2D eigenvalue weighted by Gasteiger charge is 2.34. The van der Waals surface area contributed by atoms with Gasteiger partial charge in [-0.25, -0.2) is 9.37 Å². The zero-order valence-corrected chi connectivity index (χ0v) is 20.1. The number of hydrogen-bond donors (Lipinski definition) is 1. The Labute approximate surface area is 208 Å². The summed E-state index contributed by atoms with van der Waals surface area (Å²) in [6.45, 7) is 3.90. The average molecular weight is 485 g/mol. The van der Waals surface area contributed by atoms with E-state index in [2.05, 4.69) is 15.3 Å². The third-order valence-electron chi connectivity index (χ3n) is 5.80. The first-order valence-electron chi connectivity index (χ1n) is 11.2. The summed E-state index contributed by atoms with van der Waals surface area (Å²) in [4.78, 5) is 37.3. The van der Waals surface area contributed by atoms with E-state index in [4.69, 9.17) is 4.74 Å². The predicted molar refractivity (Wildman–Crippen MR) is 136 cm³/mol. The monoisotopic (exact) mass is 484 g/mol. The standard InChI is InChI=1S/C28H25FN4O3/c1-18-7-12-23(15-19(18)2)33(28(35)25-17-30-13-14-31-25)26(20-5-4-6-24(16-20)36-3)27(34)32-22-10-8-21(29)9-11-22/h4-17,26H,1-3H3,(H,32,34)/t26-/m0/s1. The first kappa shape index (κ1) is 24.5. The molecule has 7 nitrogen and oxygen atoms in total. The van der Waals surface area contributed by atoms with Gasteiger partial charge in [0.05, 0.1) is 13.3 Å². The van der Waals surface area contributed by atoms with Crippen LogP contribution in [0.15, 0.2) is 85.3 Å². The first-order chi connectivity index (χ1) is 17.4. The molecule has 0 spiro atoms. The number of carbonyl (C=O) groups excluding carboxylic acids is 2. The van der Waals surface area contributed by atoms with Crippen molar-refractivity contribution in [2.24, 2.45) is 0 Å². The highest BCUT2D eigenvalue weighted by Crippen LogP contribution is 2.33.